The van der Waals surface area contributed by atoms with Crippen molar-refractivity contribution in [3.8, 4) is 11.3 Å². The predicted octanol–water partition coefficient (Wildman–Crippen LogP) is 3.76. The van der Waals surface area contributed by atoms with Gasteiger partial charge in [-0.3, -0.25) is 10.1 Å². The zero-order chi connectivity index (χ0) is 15.4. The molecule has 21 heavy (non-hydrogen) atoms. The van der Waals surface area contributed by atoms with E-state index < -0.39 is 16.6 Å². The molecule has 1 aromatic heterocycles. The number of nitrogens with one attached hydrogen (secondary N) is 1. The molecule has 0 unspecified atom stereocenters. The normalized spacial score (nSPS) is 10.4. The van der Waals surface area contributed by atoms with E-state index in [9.17, 15) is 18.9 Å². The summed E-state index contributed by atoms with van der Waals surface area (Å²) in [6.07, 6.45) is 0.824. The number of hydrogen-bond donors (Lipinski definition) is 1. The highest BCUT2D eigenvalue weighted by Crippen LogP contribution is 2.26. The zero-order valence-electron chi connectivity index (χ0n) is 11.3. The molecule has 1 N–H and O–H groups in total. The first-order valence-corrected chi connectivity index (χ1v) is 6.37. The smallest absolute Gasteiger partial charge is 0.275 e. The molecular formula is C14H13F2N3O2. The van der Waals surface area contributed by atoms with Gasteiger partial charge in [0.05, 0.1) is 16.7 Å². The second kappa shape index (κ2) is 6.25. The average molecular weight is 293 g/mol. The second-order valence-electron chi connectivity index (χ2n) is 4.41. The third-order valence-corrected chi connectivity index (χ3v) is 2.79. The summed E-state index contributed by atoms with van der Waals surface area (Å²) in [7, 11) is 0. The lowest BCUT2D eigenvalue weighted by atomic mass is 10.1. The van der Waals surface area contributed by atoms with Crippen molar-refractivity contribution >= 4 is 11.5 Å². The van der Waals surface area contributed by atoms with Crippen molar-refractivity contribution in [2.75, 3.05) is 11.9 Å². The van der Waals surface area contributed by atoms with Crippen LogP contribution in [-0.2, 0) is 0 Å². The van der Waals surface area contributed by atoms with Crippen molar-refractivity contribution in [3.63, 3.8) is 0 Å². The lowest BCUT2D eigenvalue weighted by Gasteiger charge is -2.07. The minimum absolute atomic E-state index is 0.164. The molecule has 0 aliphatic carbocycles. The van der Waals surface area contributed by atoms with Crippen molar-refractivity contribution in [1.82, 2.24) is 4.98 Å². The summed E-state index contributed by atoms with van der Waals surface area (Å²) in [5.74, 6) is -1.68. The van der Waals surface area contributed by atoms with Crippen LogP contribution in [0, 0.1) is 21.7 Å². The summed E-state index contributed by atoms with van der Waals surface area (Å²) < 4.78 is 26.2. The van der Waals surface area contributed by atoms with Crippen LogP contribution in [0.5, 0.6) is 0 Å². The molecule has 2 rings (SSSR count). The van der Waals surface area contributed by atoms with E-state index >= 15 is 0 Å². The van der Waals surface area contributed by atoms with Crippen LogP contribution >= 0.6 is 0 Å². The van der Waals surface area contributed by atoms with Gasteiger partial charge in [-0.05, 0) is 24.6 Å². The van der Waals surface area contributed by atoms with Gasteiger partial charge in [0.15, 0.2) is 11.6 Å². The van der Waals surface area contributed by atoms with E-state index in [1.807, 2.05) is 6.92 Å². The molecule has 2 aromatic rings. The van der Waals surface area contributed by atoms with Crippen LogP contribution in [0.4, 0.5) is 20.3 Å². The Balaban J connectivity index is 2.48. The van der Waals surface area contributed by atoms with Crippen LogP contribution in [-0.4, -0.2) is 16.5 Å². The molecule has 0 aliphatic rings. The van der Waals surface area contributed by atoms with E-state index in [0.717, 1.165) is 18.6 Å². The van der Waals surface area contributed by atoms with Gasteiger partial charge >= 0.3 is 0 Å². The summed E-state index contributed by atoms with van der Waals surface area (Å²) in [5, 5.41) is 13.9. The van der Waals surface area contributed by atoms with Crippen molar-refractivity contribution in [3.05, 3.63) is 52.1 Å². The molecule has 7 heteroatoms. The van der Waals surface area contributed by atoms with Gasteiger partial charge in [-0.1, -0.05) is 6.92 Å². The van der Waals surface area contributed by atoms with Crippen molar-refractivity contribution in [2.24, 2.45) is 0 Å². The number of nitrogens with zero attached hydrogens (tertiary/aromatic N) is 2. The Morgan fingerprint density at radius 2 is 2.00 bits per heavy atom. The maximum absolute atomic E-state index is 13.3. The highest BCUT2D eigenvalue weighted by Gasteiger charge is 2.13. The van der Waals surface area contributed by atoms with Gasteiger partial charge in [0.25, 0.3) is 5.69 Å². The first-order valence-electron chi connectivity index (χ1n) is 6.37. The molecule has 0 bridgehead atoms. The van der Waals surface area contributed by atoms with E-state index in [2.05, 4.69) is 10.3 Å². The summed E-state index contributed by atoms with van der Waals surface area (Å²) in [4.78, 5) is 14.6. The van der Waals surface area contributed by atoms with Gasteiger partial charge in [-0.15, -0.1) is 0 Å². The molecule has 0 aliphatic heterocycles. The van der Waals surface area contributed by atoms with Crippen molar-refractivity contribution < 1.29 is 13.7 Å². The average Bonchev–Trinajstić information content (AvgIpc) is 2.47. The van der Waals surface area contributed by atoms with Gasteiger partial charge in [-0.25, -0.2) is 13.8 Å². The number of pyridine rings is 1. The first kappa shape index (κ1) is 14.8. The highest BCUT2D eigenvalue weighted by atomic mass is 19.2. The van der Waals surface area contributed by atoms with E-state index in [1.54, 1.807) is 0 Å². The van der Waals surface area contributed by atoms with Crippen LogP contribution in [0.1, 0.15) is 13.3 Å². The molecule has 110 valence electrons. The number of nitro groups is 1. The van der Waals surface area contributed by atoms with Gasteiger partial charge in [0.1, 0.15) is 5.82 Å². The van der Waals surface area contributed by atoms with Crippen LogP contribution in [0.15, 0.2) is 30.3 Å². The summed E-state index contributed by atoms with van der Waals surface area (Å²) in [5.41, 5.74) is 0.321. The summed E-state index contributed by atoms with van der Waals surface area (Å²) in [6, 6.07) is 5.78. The fourth-order valence-corrected chi connectivity index (χ4v) is 1.77. The van der Waals surface area contributed by atoms with Gasteiger partial charge in [-0.2, -0.15) is 0 Å². The molecule has 0 amide bonds. The minimum Gasteiger partial charge on any atom is -0.370 e. The van der Waals surface area contributed by atoms with Crippen LogP contribution in [0.25, 0.3) is 11.3 Å². The monoisotopic (exact) mass is 293 g/mol. The zero-order valence-corrected chi connectivity index (χ0v) is 11.3. The Hall–Kier alpha value is -2.57. The third-order valence-electron chi connectivity index (χ3n) is 2.79. The van der Waals surface area contributed by atoms with E-state index in [1.165, 1.54) is 18.2 Å². The molecule has 0 fully saturated rings. The van der Waals surface area contributed by atoms with Crippen molar-refractivity contribution in [1.29, 1.82) is 0 Å². The SMILES string of the molecule is CCCNc1cc([N+](=O)[O-])cc(-c2ccc(F)c(F)c2)n1. The molecule has 0 spiro atoms. The standard InChI is InChI=1S/C14H13F2N3O2/c1-2-5-17-14-8-10(19(20)21)7-13(18-14)9-3-4-11(15)12(16)6-9/h3-4,6-8H,2,5H2,1H3,(H,17,18). The second-order valence-corrected chi connectivity index (χ2v) is 4.41. The molecule has 0 radical (unpaired) electrons. The number of hydrogen-bond acceptors (Lipinski definition) is 4. The Labute approximate surface area is 119 Å². The maximum Gasteiger partial charge on any atom is 0.275 e. The van der Waals surface area contributed by atoms with E-state index in [4.69, 9.17) is 0 Å². The lowest BCUT2D eigenvalue weighted by molar-refractivity contribution is -0.384. The lowest BCUT2D eigenvalue weighted by Crippen LogP contribution is -2.03. The topological polar surface area (TPSA) is 68.1 Å². The number of benzene rings is 1. The number of rotatable bonds is 5. The quantitative estimate of drug-likeness (QED) is 0.673. The molecule has 0 saturated carbocycles. The van der Waals surface area contributed by atoms with Gasteiger partial charge in [0.2, 0.25) is 0 Å². The molecule has 0 saturated heterocycles. The molecule has 5 nitrogen and oxygen atoms in total. The van der Waals surface area contributed by atoms with Crippen LogP contribution < -0.4 is 5.32 Å². The summed E-state index contributed by atoms with van der Waals surface area (Å²) in [6.45, 7) is 2.55. The first-order chi connectivity index (χ1) is 10.0. The van der Waals surface area contributed by atoms with Gasteiger partial charge in [0, 0.05) is 18.2 Å². The van der Waals surface area contributed by atoms with Crippen molar-refractivity contribution in [2.45, 2.75) is 13.3 Å². The van der Waals surface area contributed by atoms with Crippen LogP contribution in [0.2, 0.25) is 0 Å². The van der Waals surface area contributed by atoms with E-state index in [-0.39, 0.29) is 16.9 Å². The number of halogens is 2. The highest BCUT2D eigenvalue weighted by molar-refractivity contribution is 5.65. The van der Waals surface area contributed by atoms with Gasteiger partial charge < -0.3 is 5.32 Å². The molecule has 0 atom stereocenters. The largest absolute Gasteiger partial charge is 0.370 e. The minimum atomic E-state index is -1.02. The number of anilines is 1. The molecular weight excluding hydrogens is 280 g/mol. The van der Waals surface area contributed by atoms with Crippen LogP contribution in [0.3, 0.4) is 0 Å². The number of aromatic nitrogens is 1. The Bertz CT molecular complexity index is 677. The fraction of sp³-hybridized carbons (Fsp3) is 0.214. The van der Waals surface area contributed by atoms with E-state index in [0.29, 0.717) is 12.4 Å². The maximum atomic E-state index is 13.3. The molecule has 1 aromatic carbocycles. The Kier molecular flexibility index (Phi) is 4.42. The fourth-order valence-electron chi connectivity index (χ4n) is 1.77. The Morgan fingerprint density at radius 3 is 2.62 bits per heavy atom. The molecule has 1 heterocycles. The Morgan fingerprint density at radius 1 is 1.24 bits per heavy atom. The third kappa shape index (κ3) is 3.50. The summed E-state index contributed by atoms with van der Waals surface area (Å²) >= 11 is 0. The predicted molar refractivity (Wildman–Crippen MR) is 75.0 cm³/mol.